The molecular formula is C9H11FO2S. The third-order valence-electron chi connectivity index (χ3n) is 1.45. The molecule has 0 aliphatic rings. The van der Waals surface area contributed by atoms with E-state index in [1.54, 1.807) is 12.1 Å². The molecule has 0 aliphatic heterocycles. The summed E-state index contributed by atoms with van der Waals surface area (Å²) in [7, 11) is 0. The first-order chi connectivity index (χ1) is 6.22. The van der Waals surface area contributed by atoms with Crippen molar-refractivity contribution in [3.63, 3.8) is 0 Å². The molecule has 0 aliphatic carbocycles. The van der Waals surface area contributed by atoms with Gasteiger partial charge in [-0.25, -0.2) is 4.39 Å². The summed E-state index contributed by atoms with van der Waals surface area (Å²) in [5.74, 6) is 0.0865. The maximum Gasteiger partial charge on any atom is 0.124 e. The Morgan fingerprint density at radius 1 is 1.46 bits per heavy atom. The third kappa shape index (κ3) is 3.76. The Hall–Kier alpha value is -0.580. The molecule has 13 heavy (non-hydrogen) atoms. The van der Waals surface area contributed by atoms with E-state index in [1.807, 2.05) is 0 Å². The minimum atomic E-state index is -0.742. The van der Waals surface area contributed by atoms with Crippen LogP contribution in [0.3, 0.4) is 0 Å². The molecule has 0 saturated heterocycles. The minimum Gasteiger partial charge on any atom is -0.394 e. The number of aliphatic hydroxyl groups excluding tert-OH is 2. The van der Waals surface area contributed by atoms with Gasteiger partial charge in [-0.2, -0.15) is 0 Å². The van der Waals surface area contributed by atoms with Crippen LogP contribution in [-0.4, -0.2) is 28.7 Å². The monoisotopic (exact) mass is 202 g/mol. The molecule has 4 heteroatoms. The largest absolute Gasteiger partial charge is 0.394 e. The van der Waals surface area contributed by atoms with E-state index < -0.39 is 6.10 Å². The molecule has 1 aromatic carbocycles. The van der Waals surface area contributed by atoms with E-state index in [-0.39, 0.29) is 12.4 Å². The van der Waals surface area contributed by atoms with Crippen LogP contribution in [0.2, 0.25) is 0 Å². The van der Waals surface area contributed by atoms with Crippen molar-refractivity contribution in [3.8, 4) is 0 Å². The van der Waals surface area contributed by atoms with Crippen molar-refractivity contribution >= 4 is 11.8 Å². The number of hydrogen-bond donors (Lipinski definition) is 2. The maximum atomic E-state index is 12.6. The summed E-state index contributed by atoms with van der Waals surface area (Å²) in [5.41, 5.74) is 0. The lowest BCUT2D eigenvalue weighted by Crippen LogP contribution is -2.14. The SMILES string of the molecule is OCC(O)CSc1cccc(F)c1. The number of benzene rings is 1. The van der Waals surface area contributed by atoms with E-state index in [2.05, 4.69) is 0 Å². The second kappa shape index (κ2) is 5.21. The van der Waals surface area contributed by atoms with Crippen LogP contribution >= 0.6 is 11.8 Å². The van der Waals surface area contributed by atoms with Gasteiger partial charge in [-0.05, 0) is 18.2 Å². The van der Waals surface area contributed by atoms with Crippen LogP contribution in [0.25, 0.3) is 0 Å². The van der Waals surface area contributed by atoms with Gasteiger partial charge in [0, 0.05) is 10.6 Å². The van der Waals surface area contributed by atoms with Gasteiger partial charge in [-0.1, -0.05) is 6.07 Å². The average molecular weight is 202 g/mol. The first-order valence-corrected chi connectivity index (χ1v) is 4.88. The number of rotatable bonds is 4. The topological polar surface area (TPSA) is 40.5 Å². The Labute approximate surface area is 80.4 Å². The zero-order valence-corrected chi connectivity index (χ0v) is 7.80. The normalized spacial score (nSPS) is 12.8. The Morgan fingerprint density at radius 2 is 2.23 bits per heavy atom. The molecule has 1 aromatic rings. The van der Waals surface area contributed by atoms with E-state index in [0.29, 0.717) is 5.75 Å². The Balaban J connectivity index is 2.45. The lowest BCUT2D eigenvalue weighted by Gasteiger charge is -2.05. The Morgan fingerprint density at radius 3 is 2.85 bits per heavy atom. The smallest absolute Gasteiger partial charge is 0.124 e. The second-order valence-electron chi connectivity index (χ2n) is 2.60. The standard InChI is InChI=1S/C9H11FO2S/c10-7-2-1-3-9(4-7)13-6-8(12)5-11/h1-4,8,11-12H,5-6H2. The summed E-state index contributed by atoms with van der Waals surface area (Å²) in [4.78, 5) is 0.757. The maximum absolute atomic E-state index is 12.6. The van der Waals surface area contributed by atoms with Gasteiger partial charge < -0.3 is 10.2 Å². The fourth-order valence-corrected chi connectivity index (χ4v) is 1.66. The van der Waals surface area contributed by atoms with Gasteiger partial charge in [0.1, 0.15) is 5.82 Å². The Bertz CT molecular complexity index is 268. The average Bonchev–Trinajstić information content (AvgIpc) is 2.14. The van der Waals surface area contributed by atoms with Crippen LogP contribution in [0.4, 0.5) is 4.39 Å². The summed E-state index contributed by atoms with van der Waals surface area (Å²) in [6, 6.07) is 6.14. The zero-order valence-electron chi connectivity index (χ0n) is 6.98. The van der Waals surface area contributed by atoms with Gasteiger partial charge in [-0.15, -0.1) is 11.8 Å². The highest BCUT2D eigenvalue weighted by Crippen LogP contribution is 2.19. The van der Waals surface area contributed by atoms with Crippen molar-refractivity contribution < 1.29 is 14.6 Å². The summed E-state index contributed by atoms with van der Waals surface area (Å²) >= 11 is 1.32. The van der Waals surface area contributed by atoms with Gasteiger partial charge >= 0.3 is 0 Å². The van der Waals surface area contributed by atoms with Crippen molar-refractivity contribution in [2.75, 3.05) is 12.4 Å². The molecule has 0 aromatic heterocycles. The van der Waals surface area contributed by atoms with Crippen molar-refractivity contribution in [2.45, 2.75) is 11.0 Å². The molecule has 1 unspecified atom stereocenters. The van der Waals surface area contributed by atoms with Gasteiger partial charge in [-0.3, -0.25) is 0 Å². The summed E-state index contributed by atoms with van der Waals surface area (Å²) < 4.78 is 12.6. The molecule has 0 amide bonds. The third-order valence-corrected chi connectivity index (χ3v) is 2.59. The summed E-state index contributed by atoms with van der Waals surface area (Å²) in [5, 5.41) is 17.6. The van der Waals surface area contributed by atoms with E-state index in [0.717, 1.165) is 4.90 Å². The van der Waals surface area contributed by atoms with Crippen LogP contribution in [0, 0.1) is 5.82 Å². The van der Waals surface area contributed by atoms with Crippen LogP contribution in [0.15, 0.2) is 29.2 Å². The molecule has 72 valence electrons. The minimum absolute atomic E-state index is 0.262. The molecule has 1 atom stereocenters. The van der Waals surface area contributed by atoms with Crippen molar-refractivity contribution in [1.29, 1.82) is 0 Å². The Kier molecular flexibility index (Phi) is 4.21. The van der Waals surface area contributed by atoms with Crippen LogP contribution in [-0.2, 0) is 0 Å². The van der Waals surface area contributed by atoms with Crippen LogP contribution < -0.4 is 0 Å². The van der Waals surface area contributed by atoms with E-state index >= 15 is 0 Å². The van der Waals surface area contributed by atoms with Gasteiger partial charge in [0.15, 0.2) is 0 Å². The van der Waals surface area contributed by atoms with Crippen molar-refractivity contribution in [1.82, 2.24) is 0 Å². The predicted molar refractivity (Wildman–Crippen MR) is 50.2 cm³/mol. The molecule has 1 rings (SSSR count). The quantitative estimate of drug-likeness (QED) is 0.722. The summed E-state index contributed by atoms with van der Waals surface area (Å²) in [6.45, 7) is -0.262. The molecule has 0 saturated carbocycles. The number of aliphatic hydroxyl groups is 2. The first kappa shape index (κ1) is 10.5. The van der Waals surface area contributed by atoms with E-state index in [9.17, 15) is 4.39 Å². The summed E-state index contributed by atoms with van der Waals surface area (Å²) in [6.07, 6.45) is -0.742. The highest BCUT2D eigenvalue weighted by atomic mass is 32.2. The highest BCUT2D eigenvalue weighted by molar-refractivity contribution is 7.99. The molecule has 0 radical (unpaired) electrons. The van der Waals surface area contributed by atoms with Gasteiger partial charge in [0.25, 0.3) is 0 Å². The first-order valence-electron chi connectivity index (χ1n) is 3.89. The van der Waals surface area contributed by atoms with Crippen LogP contribution in [0.5, 0.6) is 0 Å². The van der Waals surface area contributed by atoms with Gasteiger partial charge in [0.05, 0.1) is 12.7 Å². The number of halogens is 1. The molecule has 2 nitrogen and oxygen atoms in total. The number of hydrogen-bond acceptors (Lipinski definition) is 3. The molecule has 0 fully saturated rings. The van der Waals surface area contributed by atoms with E-state index in [1.165, 1.54) is 23.9 Å². The zero-order chi connectivity index (χ0) is 9.68. The van der Waals surface area contributed by atoms with E-state index in [4.69, 9.17) is 10.2 Å². The van der Waals surface area contributed by atoms with Crippen molar-refractivity contribution in [3.05, 3.63) is 30.1 Å². The second-order valence-corrected chi connectivity index (χ2v) is 3.70. The number of thioether (sulfide) groups is 1. The lowest BCUT2D eigenvalue weighted by molar-refractivity contribution is 0.113. The van der Waals surface area contributed by atoms with Crippen molar-refractivity contribution in [2.24, 2.45) is 0 Å². The van der Waals surface area contributed by atoms with Gasteiger partial charge in [0.2, 0.25) is 0 Å². The molecule has 0 heterocycles. The molecule has 0 spiro atoms. The fourth-order valence-electron chi connectivity index (χ4n) is 0.802. The molecular weight excluding hydrogens is 191 g/mol. The van der Waals surface area contributed by atoms with Crippen LogP contribution in [0.1, 0.15) is 0 Å². The predicted octanol–water partition coefficient (Wildman–Crippen LogP) is 1.27. The molecule has 2 N–H and O–H groups in total. The highest BCUT2D eigenvalue weighted by Gasteiger charge is 2.03. The molecule has 0 bridgehead atoms. The lowest BCUT2D eigenvalue weighted by atomic mass is 10.4. The fraction of sp³-hybridized carbons (Fsp3) is 0.333.